The minimum absolute atomic E-state index is 0.0164. The van der Waals surface area contributed by atoms with E-state index in [1.165, 1.54) is 11.6 Å². The Labute approximate surface area is 180 Å². The molecule has 2 aromatic heterocycles. The Bertz CT molecular complexity index is 1100. The van der Waals surface area contributed by atoms with Crippen molar-refractivity contribution in [2.45, 2.75) is 33.7 Å². The van der Waals surface area contributed by atoms with Crippen molar-refractivity contribution in [3.63, 3.8) is 0 Å². The monoisotopic (exact) mass is 423 g/mol. The number of Topliss-reactive ketones (excluding diaryl/α,β-unsaturated/α-hetero) is 1. The normalized spacial score (nSPS) is 10.7. The van der Waals surface area contributed by atoms with Gasteiger partial charge in [0.15, 0.2) is 6.61 Å². The highest BCUT2D eigenvalue weighted by atomic mass is 16.6. The van der Waals surface area contributed by atoms with E-state index in [0.717, 1.165) is 30.1 Å². The highest BCUT2D eigenvalue weighted by molar-refractivity contribution is 5.98. The Hall–Kier alpha value is -3.68. The van der Waals surface area contributed by atoms with Crippen LogP contribution in [0, 0.1) is 30.9 Å². The van der Waals surface area contributed by atoms with Gasteiger partial charge in [0.2, 0.25) is 11.5 Å². The molecule has 0 atom stereocenters. The maximum Gasteiger partial charge on any atom is 0.406 e. The van der Waals surface area contributed by atoms with Crippen molar-refractivity contribution in [3.8, 4) is 11.5 Å². The Kier molecular flexibility index (Phi) is 6.69. The van der Waals surface area contributed by atoms with Gasteiger partial charge in [0.25, 0.3) is 0 Å². The summed E-state index contributed by atoms with van der Waals surface area (Å²) in [6, 6.07) is 12.8. The maximum atomic E-state index is 12.8. The first-order valence-corrected chi connectivity index (χ1v) is 9.88. The molecule has 0 bridgehead atoms. The third kappa shape index (κ3) is 5.09. The predicted octanol–water partition coefficient (Wildman–Crippen LogP) is 4.23. The second-order valence-corrected chi connectivity index (χ2v) is 7.28. The van der Waals surface area contributed by atoms with Crippen LogP contribution in [0.5, 0.6) is 11.5 Å². The molecule has 0 saturated carbocycles. The molecule has 0 aliphatic rings. The van der Waals surface area contributed by atoms with E-state index >= 15 is 0 Å². The van der Waals surface area contributed by atoms with Crippen molar-refractivity contribution in [3.05, 3.63) is 80.8 Å². The molecule has 0 aliphatic carbocycles. The van der Waals surface area contributed by atoms with Crippen LogP contribution in [0.25, 0.3) is 0 Å². The van der Waals surface area contributed by atoms with E-state index in [4.69, 9.17) is 9.47 Å². The lowest BCUT2D eigenvalue weighted by atomic mass is 10.1. The third-order valence-electron chi connectivity index (χ3n) is 5.17. The number of aryl methyl sites for hydroxylation is 3. The molecule has 8 nitrogen and oxygen atoms in total. The van der Waals surface area contributed by atoms with Crippen molar-refractivity contribution in [1.29, 1.82) is 0 Å². The second kappa shape index (κ2) is 9.42. The topological polar surface area (TPSA) is 96.5 Å². The van der Waals surface area contributed by atoms with Crippen molar-refractivity contribution in [2.75, 3.05) is 13.7 Å². The Morgan fingerprint density at radius 2 is 1.84 bits per heavy atom. The van der Waals surface area contributed by atoms with Gasteiger partial charge < -0.3 is 24.2 Å². The minimum atomic E-state index is -0.613. The van der Waals surface area contributed by atoms with Gasteiger partial charge in [-0.05, 0) is 66.1 Å². The summed E-state index contributed by atoms with van der Waals surface area (Å²) >= 11 is 0. The quantitative estimate of drug-likeness (QED) is 0.290. The van der Waals surface area contributed by atoms with Crippen LogP contribution in [0.15, 0.2) is 42.5 Å². The van der Waals surface area contributed by atoms with Crippen molar-refractivity contribution in [2.24, 2.45) is 0 Å². The summed E-state index contributed by atoms with van der Waals surface area (Å²) < 4.78 is 12.7. The zero-order valence-electron chi connectivity index (χ0n) is 18.0. The summed E-state index contributed by atoms with van der Waals surface area (Å²) in [6.45, 7) is 5.93. The first kappa shape index (κ1) is 22.0. The molecule has 0 unspecified atom stereocenters. The molecule has 162 valence electrons. The first-order chi connectivity index (χ1) is 14.8. The molecular formula is C23H25N3O5. The van der Waals surface area contributed by atoms with Crippen LogP contribution >= 0.6 is 0 Å². The molecule has 31 heavy (non-hydrogen) atoms. The lowest BCUT2D eigenvalue weighted by molar-refractivity contribution is -0.390. The molecule has 3 rings (SSSR count). The molecule has 1 aromatic carbocycles. The fourth-order valence-corrected chi connectivity index (χ4v) is 3.46. The van der Waals surface area contributed by atoms with Crippen LogP contribution in [-0.2, 0) is 13.0 Å². The van der Waals surface area contributed by atoms with Crippen LogP contribution in [0.1, 0.15) is 33.0 Å². The molecule has 0 N–H and O–H groups in total. The Balaban J connectivity index is 1.69. The van der Waals surface area contributed by atoms with Gasteiger partial charge in [-0.25, -0.2) is 0 Å². The van der Waals surface area contributed by atoms with E-state index in [0.29, 0.717) is 11.3 Å². The van der Waals surface area contributed by atoms with E-state index in [1.807, 2.05) is 44.2 Å². The van der Waals surface area contributed by atoms with Crippen LogP contribution in [-0.4, -0.2) is 34.0 Å². The average molecular weight is 423 g/mol. The lowest BCUT2D eigenvalue weighted by Crippen LogP contribution is -2.14. The van der Waals surface area contributed by atoms with Crippen LogP contribution in [0.2, 0.25) is 0 Å². The number of hydrogen-bond acceptors (Lipinski definition) is 6. The lowest BCUT2D eigenvalue weighted by Gasteiger charge is -2.11. The number of hydrogen-bond donors (Lipinski definition) is 0. The standard InChI is InChI=1S/C23H25N3O5/c1-15-5-10-22(23(24-15)26(28)29)31-14-21(27)20-13-16(2)25(17(20)3)12-11-18-6-8-19(30-4)9-7-18/h5-10,13H,11-12,14H2,1-4H3. The SMILES string of the molecule is COc1ccc(CCn2c(C)cc(C(=O)COc3ccc(C)nc3[N+](=O)[O-])c2C)cc1. The fraction of sp³-hybridized carbons (Fsp3) is 0.304. The number of carbonyl (C=O) groups excluding carboxylic acids is 1. The number of ether oxygens (including phenoxy) is 2. The van der Waals surface area contributed by atoms with Gasteiger partial charge in [-0.15, -0.1) is 0 Å². The summed E-state index contributed by atoms with van der Waals surface area (Å²) in [6.07, 6.45) is 0.811. The van der Waals surface area contributed by atoms with Gasteiger partial charge in [0.1, 0.15) is 11.4 Å². The highest BCUT2D eigenvalue weighted by Crippen LogP contribution is 2.25. The summed E-state index contributed by atoms with van der Waals surface area (Å²) in [5.74, 6) is 0.169. The van der Waals surface area contributed by atoms with Gasteiger partial charge in [0, 0.05) is 30.4 Å². The third-order valence-corrected chi connectivity index (χ3v) is 5.17. The first-order valence-electron chi connectivity index (χ1n) is 9.88. The van der Waals surface area contributed by atoms with Crippen LogP contribution in [0.3, 0.4) is 0 Å². The number of pyridine rings is 1. The summed E-state index contributed by atoms with van der Waals surface area (Å²) in [7, 11) is 1.64. The van der Waals surface area contributed by atoms with Gasteiger partial charge in [-0.2, -0.15) is 0 Å². The summed E-state index contributed by atoms with van der Waals surface area (Å²) in [5, 5.41) is 11.2. The number of ketones is 1. The van der Waals surface area contributed by atoms with E-state index in [1.54, 1.807) is 20.1 Å². The molecule has 0 radical (unpaired) electrons. The van der Waals surface area contributed by atoms with Crippen molar-refractivity contribution in [1.82, 2.24) is 9.55 Å². The van der Waals surface area contributed by atoms with E-state index < -0.39 is 10.7 Å². The second-order valence-electron chi connectivity index (χ2n) is 7.28. The van der Waals surface area contributed by atoms with E-state index in [2.05, 4.69) is 9.55 Å². The number of carbonyl (C=O) groups is 1. The predicted molar refractivity (Wildman–Crippen MR) is 116 cm³/mol. The maximum absolute atomic E-state index is 12.8. The highest BCUT2D eigenvalue weighted by Gasteiger charge is 2.21. The molecule has 8 heteroatoms. The Morgan fingerprint density at radius 1 is 1.13 bits per heavy atom. The number of methoxy groups -OCH3 is 1. The minimum Gasteiger partial charge on any atom is -0.497 e. The van der Waals surface area contributed by atoms with Gasteiger partial charge in [0.05, 0.1) is 7.11 Å². The largest absolute Gasteiger partial charge is 0.497 e. The van der Waals surface area contributed by atoms with Gasteiger partial charge in [-0.3, -0.25) is 4.79 Å². The van der Waals surface area contributed by atoms with E-state index in [-0.39, 0.29) is 18.1 Å². The molecular weight excluding hydrogens is 398 g/mol. The molecule has 0 aliphatic heterocycles. The van der Waals surface area contributed by atoms with Crippen molar-refractivity contribution < 1.29 is 19.2 Å². The van der Waals surface area contributed by atoms with Gasteiger partial charge in [-0.1, -0.05) is 12.1 Å². The zero-order valence-corrected chi connectivity index (χ0v) is 18.0. The molecule has 3 aromatic rings. The number of nitro groups is 1. The average Bonchev–Trinajstić information content (AvgIpc) is 3.04. The molecule has 0 spiro atoms. The van der Waals surface area contributed by atoms with E-state index in [9.17, 15) is 14.9 Å². The van der Waals surface area contributed by atoms with Gasteiger partial charge >= 0.3 is 5.82 Å². The zero-order chi connectivity index (χ0) is 22.5. The molecule has 0 amide bonds. The summed E-state index contributed by atoms with van der Waals surface area (Å²) in [5.41, 5.74) is 4.04. The van der Waals surface area contributed by atoms with Crippen molar-refractivity contribution >= 4 is 11.6 Å². The van der Waals surface area contributed by atoms with Crippen LogP contribution < -0.4 is 9.47 Å². The van der Waals surface area contributed by atoms with Crippen LogP contribution in [0.4, 0.5) is 5.82 Å². The Morgan fingerprint density at radius 3 is 2.48 bits per heavy atom. The molecule has 0 saturated heterocycles. The number of benzene rings is 1. The summed E-state index contributed by atoms with van der Waals surface area (Å²) in [4.78, 5) is 27.2. The molecule has 2 heterocycles. The fourth-order valence-electron chi connectivity index (χ4n) is 3.46. The smallest absolute Gasteiger partial charge is 0.406 e. The number of rotatable bonds is 9. The molecule has 0 fully saturated rings. The number of nitrogens with zero attached hydrogens (tertiary/aromatic N) is 3. The number of aromatic nitrogens is 2.